The van der Waals surface area contributed by atoms with E-state index in [2.05, 4.69) is 0 Å². The van der Waals surface area contributed by atoms with Gasteiger partial charge in [0, 0.05) is 0 Å². The molecule has 1 unspecified atom stereocenters. The standard InChI is InChI=1S/C12H12F2O/c13-11-5-4-9(7-12(11)14)8-2-1-3-10(15)6-8/h4-7,10,15H,1-3H2. The summed E-state index contributed by atoms with van der Waals surface area (Å²) < 4.78 is 25.7. The lowest BCUT2D eigenvalue weighted by molar-refractivity contribution is 0.206. The van der Waals surface area contributed by atoms with Crippen molar-refractivity contribution in [3.8, 4) is 0 Å². The molecule has 0 aliphatic heterocycles. The predicted molar refractivity (Wildman–Crippen MR) is 54.2 cm³/mol. The van der Waals surface area contributed by atoms with Gasteiger partial charge in [-0.25, -0.2) is 8.78 Å². The molecule has 0 saturated heterocycles. The van der Waals surface area contributed by atoms with Gasteiger partial charge in [0.1, 0.15) is 0 Å². The third-order valence-electron chi connectivity index (χ3n) is 2.63. The van der Waals surface area contributed by atoms with Crippen LogP contribution in [-0.2, 0) is 0 Å². The van der Waals surface area contributed by atoms with E-state index in [4.69, 9.17) is 0 Å². The molecule has 1 N–H and O–H groups in total. The summed E-state index contributed by atoms with van der Waals surface area (Å²) in [6.07, 6.45) is 3.69. The molecule has 1 aromatic rings. The van der Waals surface area contributed by atoms with Gasteiger partial charge < -0.3 is 5.11 Å². The summed E-state index contributed by atoms with van der Waals surface area (Å²) in [4.78, 5) is 0. The third kappa shape index (κ3) is 2.23. The Bertz CT molecular complexity index is 399. The van der Waals surface area contributed by atoms with Crippen LogP contribution in [0.4, 0.5) is 8.78 Å². The number of benzene rings is 1. The van der Waals surface area contributed by atoms with Crippen molar-refractivity contribution in [1.29, 1.82) is 0 Å². The number of aliphatic hydroxyl groups is 1. The second-order valence-corrected chi connectivity index (χ2v) is 3.78. The fraction of sp³-hybridized carbons (Fsp3) is 0.333. The van der Waals surface area contributed by atoms with Gasteiger partial charge >= 0.3 is 0 Å². The second-order valence-electron chi connectivity index (χ2n) is 3.78. The van der Waals surface area contributed by atoms with Crippen molar-refractivity contribution in [1.82, 2.24) is 0 Å². The molecule has 80 valence electrons. The van der Waals surface area contributed by atoms with Crippen LogP contribution in [0, 0.1) is 11.6 Å². The van der Waals surface area contributed by atoms with E-state index in [0.29, 0.717) is 5.56 Å². The summed E-state index contributed by atoms with van der Waals surface area (Å²) in [5.41, 5.74) is 1.56. The highest BCUT2D eigenvalue weighted by atomic mass is 19.2. The van der Waals surface area contributed by atoms with E-state index in [1.807, 2.05) is 0 Å². The van der Waals surface area contributed by atoms with Crippen molar-refractivity contribution in [3.63, 3.8) is 0 Å². The molecule has 0 saturated carbocycles. The van der Waals surface area contributed by atoms with Crippen molar-refractivity contribution < 1.29 is 13.9 Å². The largest absolute Gasteiger partial charge is 0.389 e. The minimum atomic E-state index is -0.839. The van der Waals surface area contributed by atoms with Crippen molar-refractivity contribution in [2.24, 2.45) is 0 Å². The zero-order valence-corrected chi connectivity index (χ0v) is 8.21. The van der Waals surface area contributed by atoms with E-state index in [9.17, 15) is 13.9 Å². The Labute approximate surface area is 87.1 Å². The van der Waals surface area contributed by atoms with Gasteiger partial charge in [-0.05, 0) is 42.5 Å². The molecule has 0 heterocycles. The number of hydrogen-bond acceptors (Lipinski definition) is 1. The lowest BCUT2D eigenvalue weighted by Gasteiger charge is -2.17. The molecular formula is C12H12F2O. The molecule has 0 bridgehead atoms. The average molecular weight is 210 g/mol. The summed E-state index contributed by atoms with van der Waals surface area (Å²) in [6.45, 7) is 0. The fourth-order valence-corrected chi connectivity index (χ4v) is 1.84. The molecule has 1 aromatic carbocycles. The number of aliphatic hydroxyl groups excluding tert-OH is 1. The number of hydrogen-bond donors (Lipinski definition) is 1. The van der Waals surface area contributed by atoms with E-state index in [1.54, 1.807) is 12.1 Å². The third-order valence-corrected chi connectivity index (χ3v) is 2.63. The molecule has 0 aromatic heterocycles. The molecule has 0 fully saturated rings. The molecule has 1 atom stereocenters. The van der Waals surface area contributed by atoms with Gasteiger partial charge in [0.05, 0.1) is 6.10 Å². The topological polar surface area (TPSA) is 20.2 Å². The van der Waals surface area contributed by atoms with E-state index < -0.39 is 17.7 Å². The van der Waals surface area contributed by atoms with Crippen LogP contribution in [-0.4, -0.2) is 11.2 Å². The van der Waals surface area contributed by atoms with Gasteiger partial charge in [-0.2, -0.15) is 0 Å². The SMILES string of the molecule is OC1C=C(c2ccc(F)c(F)c2)CCC1. The summed E-state index contributed by atoms with van der Waals surface area (Å²) in [7, 11) is 0. The maximum Gasteiger partial charge on any atom is 0.159 e. The van der Waals surface area contributed by atoms with Crippen LogP contribution in [0.5, 0.6) is 0 Å². The van der Waals surface area contributed by atoms with Crippen LogP contribution >= 0.6 is 0 Å². The van der Waals surface area contributed by atoms with E-state index in [-0.39, 0.29) is 0 Å². The monoisotopic (exact) mass is 210 g/mol. The Kier molecular flexibility index (Phi) is 2.82. The summed E-state index contributed by atoms with van der Waals surface area (Å²) in [6, 6.07) is 3.84. The molecule has 0 spiro atoms. The van der Waals surface area contributed by atoms with E-state index in [0.717, 1.165) is 30.9 Å². The first-order valence-corrected chi connectivity index (χ1v) is 5.01. The lowest BCUT2D eigenvalue weighted by Crippen LogP contribution is -2.08. The van der Waals surface area contributed by atoms with Crippen LogP contribution in [0.25, 0.3) is 5.57 Å². The van der Waals surface area contributed by atoms with Crippen LogP contribution in [0.3, 0.4) is 0 Å². The minimum absolute atomic E-state index is 0.457. The first kappa shape index (κ1) is 10.3. The van der Waals surface area contributed by atoms with Crippen LogP contribution < -0.4 is 0 Å². The van der Waals surface area contributed by atoms with Crippen molar-refractivity contribution in [2.45, 2.75) is 25.4 Å². The maximum absolute atomic E-state index is 13.0. The Balaban J connectivity index is 2.33. The van der Waals surface area contributed by atoms with Crippen LogP contribution in [0.1, 0.15) is 24.8 Å². The average Bonchev–Trinajstić information content (AvgIpc) is 2.22. The Morgan fingerprint density at radius 3 is 2.67 bits per heavy atom. The van der Waals surface area contributed by atoms with Crippen molar-refractivity contribution in [2.75, 3.05) is 0 Å². The van der Waals surface area contributed by atoms with Crippen LogP contribution in [0.2, 0.25) is 0 Å². The zero-order chi connectivity index (χ0) is 10.8. The molecule has 1 nitrogen and oxygen atoms in total. The summed E-state index contributed by atoms with van der Waals surface area (Å²) >= 11 is 0. The molecule has 2 rings (SSSR count). The molecule has 0 radical (unpaired) electrons. The highest BCUT2D eigenvalue weighted by Crippen LogP contribution is 2.27. The predicted octanol–water partition coefficient (Wildman–Crippen LogP) is 2.89. The fourth-order valence-electron chi connectivity index (χ4n) is 1.84. The quantitative estimate of drug-likeness (QED) is 0.755. The Morgan fingerprint density at radius 1 is 1.20 bits per heavy atom. The molecule has 1 aliphatic rings. The van der Waals surface area contributed by atoms with Crippen molar-refractivity contribution in [3.05, 3.63) is 41.5 Å². The normalized spacial score (nSPS) is 21.3. The first-order valence-electron chi connectivity index (χ1n) is 5.01. The van der Waals surface area contributed by atoms with Gasteiger partial charge in [0.15, 0.2) is 11.6 Å². The summed E-state index contributed by atoms with van der Waals surface area (Å²) in [5, 5.41) is 9.42. The first-order chi connectivity index (χ1) is 7.16. The zero-order valence-electron chi connectivity index (χ0n) is 8.21. The Hall–Kier alpha value is -1.22. The molecule has 3 heteroatoms. The van der Waals surface area contributed by atoms with E-state index in [1.165, 1.54) is 6.07 Å². The summed E-state index contributed by atoms with van der Waals surface area (Å²) in [5.74, 6) is -1.68. The molecule has 1 aliphatic carbocycles. The number of halogens is 2. The van der Waals surface area contributed by atoms with Gasteiger partial charge in [-0.1, -0.05) is 12.1 Å². The molecular weight excluding hydrogens is 198 g/mol. The Morgan fingerprint density at radius 2 is 2.00 bits per heavy atom. The number of allylic oxidation sites excluding steroid dienone is 1. The van der Waals surface area contributed by atoms with Crippen LogP contribution in [0.15, 0.2) is 24.3 Å². The van der Waals surface area contributed by atoms with Gasteiger partial charge in [0.25, 0.3) is 0 Å². The molecule has 15 heavy (non-hydrogen) atoms. The highest BCUT2D eigenvalue weighted by molar-refractivity contribution is 5.66. The minimum Gasteiger partial charge on any atom is -0.389 e. The van der Waals surface area contributed by atoms with Crippen molar-refractivity contribution >= 4 is 5.57 Å². The van der Waals surface area contributed by atoms with Gasteiger partial charge in [0.2, 0.25) is 0 Å². The molecule has 0 amide bonds. The second kappa shape index (κ2) is 4.11. The van der Waals surface area contributed by atoms with Gasteiger partial charge in [-0.15, -0.1) is 0 Å². The highest BCUT2D eigenvalue weighted by Gasteiger charge is 2.13. The van der Waals surface area contributed by atoms with E-state index >= 15 is 0 Å². The smallest absolute Gasteiger partial charge is 0.159 e. The number of rotatable bonds is 1. The van der Waals surface area contributed by atoms with Gasteiger partial charge in [-0.3, -0.25) is 0 Å². The lowest BCUT2D eigenvalue weighted by atomic mass is 9.92. The maximum atomic E-state index is 13.0.